The first-order valence-corrected chi connectivity index (χ1v) is 9.99. The van der Waals surface area contributed by atoms with Crippen molar-refractivity contribution in [1.82, 2.24) is 4.67 Å². The van der Waals surface area contributed by atoms with Crippen LogP contribution in [0, 0.1) is 11.8 Å². The fraction of sp³-hybridized carbons (Fsp3) is 0.444. The van der Waals surface area contributed by atoms with Crippen molar-refractivity contribution in [2.45, 2.75) is 25.6 Å². The zero-order valence-corrected chi connectivity index (χ0v) is 15.6. The van der Waals surface area contributed by atoms with Crippen LogP contribution in [0.15, 0.2) is 41.5 Å². The summed E-state index contributed by atoms with van der Waals surface area (Å²) in [7, 11) is 0.192. The van der Waals surface area contributed by atoms with Gasteiger partial charge in [-0.15, -0.1) is 0 Å². The van der Waals surface area contributed by atoms with Crippen LogP contribution in [0.5, 0.6) is 0 Å². The van der Waals surface area contributed by atoms with Crippen molar-refractivity contribution in [3.8, 4) is 0 Å². The third-order valence-corrected chi connectivity index (χ3v) is 8.80. The Morgan fingerprint density at radius 3 is 2.20 bits per heavy atom. The standard InChI is InChI=1S/C18H21N2O4P/c1-10-11(2)16-14-13(15(10)24-25(16,23)19(3)4)17(21)20(18(14)22)12-8-6-5-7-9-12/h5-9,13-16H,1-4H3/t13-,14+,15-,16+,25-/m0/s1. The van der Waals surface area contributed by atoms with Gasteiger partial charge in [-0.05, 0) is 45.6 Å². The lowest BCUT2D eigenvalue weighted by Crippen LogP contribution is -2.51. The third kappa shape index (κ3) is 2.02. The van der Waals surface area contributed by atoms with Gasteiger partial charge < -0.3 is 4.52 Å². The van der Waals surface area contributed by atoms with Crippen molar-refractivity contribution in [2.24, 2.45) is 11.8 Å². The van der Waals surface area contributed by atoms with Crippen molar-refractivity contribution in [3.63, 3.8) is 0 Å². The number of carbonyl (C=O) groups excluding carboxylic acids is 2. The van der Waals surface area contributed by atoms with Gasteiger partial charge in [-0.3, -0.25) is 14.2 Å². The zero-order chi connectivity index (χ0) is 18.1. The zero-order valence-electron chi connectivity index (χ0n) is 14.7. The summed E-state index contributed by atoms with van der Waals surface area (Å²) in [6.45, 7) is 3.82. The molecular weight excluding hydrogens is 339 g/mol. The molecule has 0 saturated carbocycles. The van der Waals surface area contributed by atoms with Crippen LogP contribution in [0.25, 0.3) is 0 Å². The van der Waals surface area contributed by atoms with Crippen LogP contribution in [0.2, 0.25) is 0 Å². The van der Waals surface area contributed by atoms with E-state index in [2.05, 4.69) is 0 Å². The van der Waals surface area contributed by atoms with Crippen molar-refractivity contribution in [2.75, 3.05) is 19.0 Å². The number of para-hydroxylation sites is 1. The van der Waals surface area contributed by atoms with Gasteiger partial charge in [-0.1, -0.05) is 23.8 Å². The van der Waals surface area contributed by atoms with E-state index in [-0.39, 0.29) is 11.8 Å². The van der Waals surface area contributed by atoms with Crippen molar-refractivity contribution in [1.29, 1.82) is 0 Å². The minimum absolute atomic E-state index is 0.256. The molecule has 0 N–H and O–H groups in total. The van der Waals surface area contributed by atoms with Gasteiger partial charge in [-0.25, -0.2) is 9.57 Å². The van der Waals surface area contributed by atoms with Gasteiger partial charge in [0.2, 0.25) is 11.8 Å². The molecule has 3 heterocycles. The smallest absolute Gasteiger partial charge is 0.280 e. The number of amides is 2. The molecule has 2 fully saturated rings. The maximum absolute atomic E-state index is 13.5. The van der Waals surface area contributed by atoms with E-state index in [0.717, 1.165) is 11.1 Å². The van der Waals surface area contributed by atoms with Gasteiger partial charge in [0.15, 0.2) is 0 Å². The molecule has 1 aromatic carbocycles. The molecule has 25 heavy (non-hydrogen) atoms. The molecule has 0 radical (unpaired) electrons. The number of hydrogen-bond donors (Lipinski definition) is 0. The summed E-state index contributed by atoms with van der Waals surface area (Å²) < 4.78 is 21.0. The molecule has 7 heteroatoms. The molecule has 2 saturated heterocycles. The topological polar surface area (TPSA) is 66.9 Å². The monoisotopic (exact) mass is 360 g/mol. The Balaban J connectivity index is 1.86. The van der Waals surface area contributed by atoms with Gasteiger partial charge in [-0.2, -0.15) is 0 Å². The fourth-order valence-electron chi connectivity index (χ4n) is 4.35. The quantitative estimate of drug-likeness (QED) is 0.461. The lowest BCUT2D eigenvalue weighted by molar-refractivity contribution is -0.124. The molecule has 5 rings (SSSR count). The van der Waals surface area contributed by atoms with E-state index in [1.807, 2.05) is 19.9 Å². The van der Waals surface area contributed by atoms with E-state index >= 15 is 0 Å². The van der Waals surface area contributed by atoms with Gasteiger partial charge in [0.1, 0.15) is 0 Å². The molecule has 0 spiro atoms. The summed E-state index contributed by atoms with van der Waals surface area (Å²) in [6.07, 6.45) is -0.603. The number of allylic oxidation sites excluding steroid dienone is 1. The number of rotatable bonds is 2. The van der Waals surface area contributed by atoms with E-state index < -0.39 is 31.1 Å². The largest absolute Gasteiger partial charge is 0.308 e. The first kappa shape index (κ1) is 16.7. The van der Waals surface area contributed by atoms with Gasteiger partial charge in [0, 0.05) is 0 Å². The number of nitrogens with zero attached hydrogens (tertiary/aromatic N) is 2. The Kier molecular flexibility index (Phi) is 3.59. The Bertz CT molecular complexity index is 848. The highest BCUT2D eigenvalue weighted by molar-refractivity contribution is 7.57. The average molecular weight is 360 g/mol. The third-order valence-electron chi connectivity index (χ3n) is 5.74. The molecule has 2 amide bonds. The van der Waals surface area contributed by atoms with E-state index in [1.54, 1.807) is 43.0 Å². The summed E-state index contributed by atoms with van der Waals surface area (Å²) in [5.74, 6) is -1.74. The van der Waals surface area contributed by atoms with Crippen LogP contribution in [0.4, 0.5) is 5.69 Å². The number of anilines is 1. The highest BCUT2D eigenvalue weighted by Gasteiger charge is 2.67. The van der Waals surface area contributed by atoms with Gasteiger partial charge in [0.25, 0.3) is 7.52 Å². The first-order valence-electron chi connectivity index (χ1n) is 8.35. The van der Waals surface area contributed by atoms with Crippen molar-refractivity contribution < 1.29 is 18.7 Å². The minimum Gasteiger partial charge on any atom is -0.308 e. The van der Waals surface area contributed by atoms with E-state index in [0.29, 0.717) is 5.69 Å². The van der Waals surface area contributed by atoms with Crippen LogP contribution in [-0.4, -0.2) is 42.3 Å². The Hall–Kier alpha value is -1.75. The summed E-state index contributed by atoms with van der Waals surface area (Å²) in [5, 5.41) is 0. The van der Waals surface area contributed by atoms with Crippen LogP contribution in [-0.2, 0) is 18.7 Å². The lowest BCUT2D eigenvalue weighted by atomic mass is 9.75. The average Bonchev–Trinajstić information content (AvgIpc) is 2.84. The van der Waals surface area contributed by atoms with Crippen LogP contribution in [0.1, 0.15) is 13.8 Å². The molecule has 1 aliphatic carbocycles. The maximum atomic E-state index is 13.5. The predicted octanol–water partition coefficient (Wildman–Crippen LogP) is 2.66. The molecule has 4 aliphatic rings. The summed E-state index contributed by atoms with van der Waals surface area (Å²) in [5.41, 5.74) is 1.84. The second kappa shape index (κ2) is 5.37. The van der Waals surface area contributed by atoms with Gasteiger partial charge >= 0.3 is 0 Å². The summed E-state index contributed by atoms with van der Waals surface area (Å²) in [6, 6.07) is 8.92. The maximum Gasteiger partial charge on any atom is 0.280 e. The number of carbonyl (C=O) groups is 2. The van der Waals surface area contributed by atoms with Crippen molar-refractivity contribution in [3.05, 3.63) is 41.5 Å². The van der Waals surface area contributed by atoms with Crippen LogP contribution in [0.3, 0.4) is 0 Å². The Labute approximate surface area is 146 Å². The summed E-state index contributed by atoms with van der Waals surface area (Å²) >= 11 is 0. The number of hydrogen-bond acceptors (Lipinski definition) is 4. The molecule has 0 unspecified atom stereocenters. The highest BCUT2D eigenvalue weighted by atomic mass is 31.2. The molecule has 5 atom stereocenters. The summed E-state index contributed by atoms with van der Waals surface area (Å²) in [4.78, 5) is 27.5. The minimum atomic E-state index is -3.22. The normalized spacial score (nSPS) is 37.2. The number of imide groups is 1. The molecule has 0 aromatic heterocycles. The van der Waals surface area contributed by atoms with E-state index in [1.165, 1.54) is 4.90 Å². The Morgan fingerprint density at radius 2 is 1.60 bits per heavy atom. The second-order valence-corrected chi connectivity index (χ2v) is 9.84. The first-order chi connectivity index (χ1) is 11.8. The predicted molar refractivity (Wildman–Crippen MR) is 94.2 cm³/mol. The van der Waals surface area contributed by atoms with Gasteiger partial charge in [0.05, 0.1) is 29.3 Å². The number of fused-ring (bicyclic) bond motifs is 1. The molecular formula is C18H21N2O4P. The number of benzene rings is 1. The van der Waals surface area contributed by atoms with Crippen LogP contribution >= 0.6 is 7.52 Å². The van der Waals surface area contributed by atoms with Crippen molar-refractivity contribution >= 4 is 25.0 Å². The van der Waals surface area contributed by atoms with Crippen LogP contribution < -0.4 is 4.90 Å². The Morgan fingerprint density at radius 1 is 1.00 bits per heavy atom. The molecule has 1 aromatic rings. The SMILES string of the molecule is CC1=C(C)[C@@H]2O[P@](=O)(N(C)C)[C@H]1[C@@H]1C(=O)N(c3ccccc3)C(=O)[C@@H]12. The lowest BCUT2D eigenvalue weighted by Gasteiger charge is -2.49. The molecule has 2 bridgehead atoms. The second-order valence-electron chi connectivity index (χ2n) is 7.15. The van der Waals surface area contributed by atoms with E-state index in [9.17, 15) is 14.2 Å². The van der Waals surface area contributed by atoms with E-state index in [4.69, 9.17) is 4.52 Å². The fourth-order valence-corrected chi connectivity index (χ4v) is 7.20. The molecule has 132 valence electrons. The molecule has 3 aliphatic heterocycles. The molecule has 6 nitrogen and oxygen atoms in total. The highest BCUT2D eigenvalue weighted by Crippen LogP contribution is 2.69.